The van der Waals surface area contributed by atoms with Gasteiger partial charge in [-0.05, 0) is 32.0 Å². The molecule has 0 fully saturated rings. The molecule has 0 saturated carbocycles. The van der Waals surface area contributed by atoms with Gasteiger partial charge in [-0.15, -0.1) is 11.3 Å². The van der Waals surface area contributed by atoms with Gasteiger partial charge in [-0.1, -0.05) is 18.2 Å². The Morgan fingerprint density at radius 3 is 2.71 bits per heavy atom. The third kappa shape index (κ3) is 4.65. The molecule has 1 aromatic carbocycles. The molecule has 1 amide bonds. The second-order valence-electron chi connectivity index (χ2n) is 5.07. The quantitative estimate of drug-likeness (QED) is 0.860. The van der Waals surface area contributed by atoms with Crippen LogP contribution in [0.5, 0.6) is 0 Å². The molecule has 0 atom stereocenters. The van der Waals surface area contributed by atoms with Crippen molar-refractivity contribution in [1.82, 2.24) is 10.6 Å². The Morgan fingerprint density at radius 1 is 1.24 bits per heavy atom. The van der Waals surface area contributed by atoms with Gasteiger partial charge in [0, 0.05) is 27.9 Å². The summed E-state index contributed by atoms with van der Waals surface area (Å²) < 4.78 is 13.7. The zero-order valence-electron chi connectivity index (χ0n) is 12.2. The molecule has 2 N–H and O–H groups in total. The van der Waals surface area contributed by atoms with Crippen molar-refractivity contribution in [2.45, 2.75) is 26.4 Å². The summed E-state index contributed by atoms with van der Waals surface area (Å²) in [6, 6.07) is 10.8. The lowest BCUT2D eigenvalue weighted by Gasteiger charge is -2.08. The van der Waals surface area contributed by atoms with Crippen molar-refractivity contribution in [3.05, 3.63) is 47.1 Å². The van der Waals surface area contributed by atoms with Gasteiger partial charge in [-0.3, -0.25) is 4.79 Å². The molecule has 0 bridgehead atoms. The van der Waals surface area contributed by atoms with Crippen LogP contribution in [0.1, 0.15) is 18.7 Å². The highest BCUT2D eigenvalue weighted by atomic mass is 32.1. The van der Waals surface area contributed by atoms with Gasteiger partial charge < -0.3 is 10.6 Å². The zero-order chi connectivity index (χ0) is 15.2. The van der Waals surface area contributed by atoms with E-state index in [0.29, 0.717) is 12.1 Å². The molecule has 0 aliphatic heterocycles. The molecule has 0 unspecified atom stereocenters. The molecule has 3 nitrogen and oxygen atoms in total. The Kier molecular flexibility index (Phi) is 5.47. The summed E-state index contributed by atoms with van der Waals surface area (Å²) in [6.07, 6.45) is 0. The first-order valence-electron chi connectivity index (χ1n) is 6.90. The Hall–Kier alpha value is -1.72. The average molecular weight is 306 g/mol. The summed E-state index contributed by atoms with van der Waals surface area (Å²) in [4.78, 5) is 13.5. The van der Waals surface area contributed by atoms with Crippen molar-refractivity contribution in [3.63, 3.8) is 0 Å². The third-order valence-electron chi connectivity index (χ3n) is 2.84. The van der Waals surface area contributed by atoms with E-state index in [1.807, 2.05) is 32.0 Å². The summed E-state index contributed by atoms with van der Waals surface area (Å²) in [6.45, 7) is 4.74. The smallest absolute Gasteiger partial charge is 0.234 e. The van der Waals surface area contributed by atoms with Crippen LogP contribution in [0.4, 0.5) is 4.39 Å². The van der Waals surface area contributed by atoms with Gasteiger partial charge in [0.25, 0.3) is 0 Å². The minimum absolute atomic E-state index is 0.0177. The number of carbonyl (C=O) groups excluding carboxylic acids is 1. The van der Waals surface area contributed by atoms with Crippen LogP contribution in [0, 0.1) is 5.82 Å². The van der Waals surface area contributed by atoms with Crippen molar-refractivity contribution in [1.29, 1.82) is 0 Å². The van der Waals surface area contributed by atoms with Crippen molar-refractivity contribution in [2.24, 2.45) is 0 Å². The van der Waals surface area contributed by atoms with E-state index < -0.39 is 0 Å². The number of nitrogens with one attached hydrogen (secondary N) is 2. The third-order valence-corrected chi connectivity index (χ3v) is 3.95. The highest BCUT2D eigenvalue weighted by molar-refractivity contribution is 7.15. The lowest BCUT2D eigenvalue weighted by molar-refractivity contribution is -0.120. The van der Waals surface area contributed by atoms with Gasteiger partial charge >= 0.3 is 0 Å². The molecule has 0 aliphatic carbocycles. The molecule has 1 heterocycles. The normalized spacial score (nSPS) is 10.9. The van der Waals surface area contributed by atoms with Gasteiger partial charge in [-0.2, -0.15) is 0 Å². The minimum atomic E-state index is -0.213. The molecule has 0 saturated heterocycles. The van der Waals surface area contributed by atoms with Crippen LogP contribution in [-0.2, 0) is 11.3 Å². The molecular weight excluding hydrogens is 287 g/mol. The first-order chi connectivity index (χ1) is 10.1. The molecular formula is C16H19FN2OS. The Morgan fingerprint density at radius 2 is 2.00 bits per heavy atom. The minimum Gasteiger partial charge on any atom is -0.353 e. The summed E-state index contributed by atoms with van der Waals surface area (Å²) in [5, 5.41) is 5.91. The van der Waals surface area contributed by atoms with Crippen LogP contribution in [0.2, 0.25) is 0 Å². The van der Waals surface area contributed by atoms with Crippen LogP contribution < -0.4 is 10.6 Å². The first-order valence-corrected chi connectivity index (χ1v) is 7.71. The maximum Gasteiger partial charge on any atom is 0.234 e. The number of thiophene rings is 1. The Labute approximate surface area is 128 Å². The van der Waals surface area contributed by atoms with E-state index in [1.54, 1.807) is 12.1 Å². The average Bonchev–Trinajstić information content (AvgIpc) is 2.87. The second-order valence-corrected chi connectivity index (χ2v) is 6.24. The first kappa shape index (κ1) is 15.7. The number of carbonyl (C=O) groups is 1. The van der Waals surface area contributed by atoms with Crippen LogP contribution in [0.3, 0.4) is 0 Å². The predicted molar refractivity (Wildman–Crippen MR) is 84.7 cm³/mol. The summed E-state index contributed by atoms with van der Waals surface area (Å²) in [7, 11) is 0. The van der Waals surface area contributed by atoms with Crippen LogP contribution in [0.15, 0.2) is 36.4 Å². The number of rotatable bonds is 6. The van der Waals surface area contributed by atoms with E-state index in [1.165, 1.54) is 17.4 Å². The maximum absolute atomic E-state index is 13.7. The fourth-order valence-corrected chi connectivity index (χ4v) is 2.96. The fraction of sp³-hybridized carbons (Fsp3) is 0.312. The highest BCUT2D eigenvalue weighted by Crippen LogP contribution is 2.29. The summed E-state index contributed by atoms with van der Waals surface area (Å²) in [5.41, 5.74) is 0.617. The van der Waals surface area contributed by atoms with E-state index in [0.717, 1.165) is 9.75 Å². The number of halogens is 1. The molecule has 0 radical (unpaired) electrons. The van der Waals surface area contributed by atoms with Crippen LogP contribution in [-0.4, -0.2) is 18.5 Å². The van der Waals surface area contributed by atoms with Crippen LogP contribution >= 0.6 is 11.3 Å². The van der Waals surface area contributed by atoms with Gasteiger partial charge in [0.1, 0.15) is 5.82 Å². The van der Waals surface area contributed by atoms with E-state index in [9.17, 15) is 9.18 Å². The second kappa shape index (κ2) is 7.33. The molecule has 21 heavy (non-hydrogen) atoms. The number of benzene rings is 1. The van der Waals surface area contributed by atoms with E-state index in [2.05, 4.69) is 10.6 Å². The predicted octanol–water partition coefficient (Wildman–Crippen LogP) is 3.17. The summed E-state index contributed by atoms with van der Waals surface area (Å²) in [5.74, 6) is -0.231. The Balaban J connectivity index is 1.89. The largest absolute Gasteiger partial charge is 0.353 e. The van der Waals surface area contributed by atoms with Crippen molar-refractivity contribution < 1.29 is 9.18 Å². The summed E-state index contributed by atoms with van der Waals surface area (Å²) >= 11 is 1.53. The van der Waals surface area contributed by atoms with Gasteiger partial charge in [0.2, 0.25) is 5.91 Å². The number of hydrogen-bond acceptors (Lipinski definition) is 3. The Bertz CT molecular complexity index is 610. The molecule has 5 heteroatoms. The van der Waals surface area contributed by atoms with Crippen molar-refractivity contribution in [2.75, 3.05) is 6.54 Å². The lowest BCUT2D eigenvalue weighted by Crippen LogP contribution is -2.37. The SMILES string of the molecule is CC(C)NC(=O)CNCc1ccc(-c2ccccc2F)s1. The highest BCUT2D eigenvalue weighted by Gasteiger charge is 2.08. The van der Waals surface area contributed by atoms with E-state index in [-0.39, 0.29) is 24.3 Å². The fourth-order valence-electron chi connectivity index (χ4n) is 1.95. The maximum atomic E-state index is 13.7. The molecule has 1 aromatic heterocycles. The number of amides is 1. The molecule has 2 aromatic rings. The lowest BCUT2D eigenvalue weighted by atomic mass is 10.2. The van der Waals surface area contributed by atoms with Crippen LogP contribution in [0.25, 0.3) is 10.4 Å². The molecule has 0 spiro atoms. The zero-order valence-corrected chi connectivity index (χ0v) is 13.0. The molecule has 0 aliphatic rings. The monoisotopic (exact) mass is 306 g/mol. The van der Waals surface area contributed by atoms with E-state index >= 15 is 0 Å². The van der Waals surface area contributed by atoms with Gasteiger partial charge in [0.15, 0.2) is 0 Å². The standard InChI is InChI=1S/C16H19FN2OS/c1-11(2)19-16(20)10-18-9-12-7-8-15(21-12)13-5-3-4-6-14(13)17/h3-8,11,18H,9-10H2,1-2H3,(H,19,20). The van der Waals surface area contributed by atoms with Gasteiger partial charge in [0.05, 0.1) is 6.54 Å². The van der Waals surface area contributed by atoms with Crippen molar-refractivity contribution >= 4 is 17.2 Å². The molecule has 2 rings (SSSR count). The van der Waals surface area contributed by atoms with Gasteiger partial charge in [-0.25, -0.2) is 4.39 Å². The topological polar surface area (TPSA) is 41.1 Å². The van der Waals surface area contributed by atoms with Crippen molar-refractivity contribution in [3.8, 4) is 10.4 Å². The number of hydrogen-bond donors (Lipinski definition) is 2. The van der Waals surface area contributed by atoms with E-state index in [4.69, 9.17) is 0 Å². The molecule has 112 valence electrons.